The van der Waals surface area contributed by atoms with Crippen molar-refractivity contribution in [1.82, 2.24) is 10.2 Å². The molecule has 0 saturated carbocycles. The summed E-state index contributed by atoms with van der Waals surface area (Å²) in [7, 11) is 0. The molecule has 0 spiro atoms. The molecule has 0 fully saturated rings. The average molecular weight is 481 g/mol. The molecule has 34 heavy (non-hydrogen) atoms. The summed E-state index contributed by atoms with van der Waals surface area (Å²) in [5.41, 5.74) is 4.25. The van der Waals surface area contributed by atoms with Gasteiger partial charge in [0.2, 0.25) is 5.91 Å². The van der Waals surface area contributed by atoms with Crippen molar-refractivity contribution in [1.29, 1.82) is 0 Å². The first-order valence-electron chi connectivity index (χ1n) is 10.1. The van der Waals surface area contributed by atoms with E-state index in [1.165, 1.54) is 23.9 Å². The Balaban J connectivity index is 1.29. The number of amides is 1. The van der Waals surface area contributed by atoms with E-state index in [2.05, 4.69) is 20.3 Å². The van der Waals surface area contributed by atoms with Crippen LogP contribution in [0.15, 0.2) is 96.0 Å². The molecule has 0 radical (unpaired) electrons. The van der Waals surface area contributed by atoms with Crippen molar-refractivity contribution in [2.24, 2.45) is 0 Å². The lowest BCUT2D eigenvalue weighted by Gasteiger charge is -2.10. The standard InChI is InChI=1S/C25H18F3N3O2S/c26-25(27,28)33-21-12-10-20(11-13-21)29-23(32)16-34-24-15-14-22(30-31-24)19-8-6-18(7-9-19)17-4-2-1-3-5-17/h1-15H,16H2,(H,29,32). The number of alkyl halides is 3. The summed E-state index contributed by atoms with van der Waals surface area (Å²) in [5, 5.41) is 11.6. The first-order valence-corrected chi connectivity index (χ1v) is 11.1. The Bertz CT molecular complexity index is 1230. The van der Waals surface area contributed by atoms with Gasteiger partial charge >= 0.3 is 6.36 Å². The summed E-state index contributed by atoms with van der Waals surface area (Å²) in [5.74, 6) is -0.609. The number of carbonyl (C=O) groups is 1. The summed E-state index contributed by atoms with van der Waals surface area (Å²) in [6, 6.07) is 26.6. The number of benzene rings is 3. The molecular weight excluding hydrogens is 463 g/mol. The van der Waals surface area contributed by atoms with Gasteiger partial charge in [0.05, 0.1) is 11.4 Å². The fourth-order valence-electron chi connectivity index (χ4n) is 3.09. The highest BCUT2D eigenvalue weighted by Crippen LogP contribution is 2.26. The molecule has 0 saturated heterocycles. The number of rotatable bonds is 7. The molecule has 4 rings (SSSR count). The van der Waals surface area contributed by atoms with E-state index in [1.807, 2.05) is 60.7 Å². The van der Waals surface area contributed by atoms with E-state index >= 15 is 0 Å². The lowest BCUT2D eigenvalue weighted by atomic mass is 10.0. The van der Waals surface area contributed by atoms with Gasteiger partial charge in [0.1, 0.15) is 10.8 Å². The third-order valence-electron chi connectivity index (χ3n) is 4.65. The molecule has 0 bridgehead atoms. The molecular formula is C25H18F3N3O2S. The van der Waals surface area contributed by atoms with Crippen molar-refractivity contribution in [3.05, 3.63) is 91.0 Å². The largest absolute Gasteiger partial charge is 0.573 e. The molecule has 172 valence electrons. The van der Waals surface area contributed by atoms with Gasteiger partial charge < -0.3 is 10.1 Å². The zero-order valence-corrected chi connectivity index (χ0v) is 18.4. The molecule has 0 aliphatic heterocycles. The van der Waals surface area contributed by atoms with Crippen LogP contribution in [0.25, 0.3) is 22.4 Å². The summed E-state index contributed by atoms with van der Waals surface area (Å²) >= 11 is 1.20. The Morgan fingerprint density at radius 3 is 2.06 bits per heavy atom. The van der Waals surface area contributed by atoms with Crippen molar-refractivity contribution in [3.63, 3.8) is 0 Å². The third kappa shape index (κ3) is 6.58. The first-order chi connectivity index (χ1) is 16.4. The van der Waals surface area contributed by atoms with Gasteiger partial charge in [-0.05, 0) is 47.5 Å². The number of aromatic nitrogens is 2. The maximum atomic E-state index is 12.2. The van der Waals surface area contributed by atoms with Gasteiger partial charge in [0.15, 0.2) is 0 Å². The minimum Gasteiger partial charge on any atom is -0.406 e. The van der Waals surface area contributed by atoms with Crippen LogP contribution in [0, 0.1) is 0 Å². The molecule has 5 nitrogen and oxygen atoms in total. The van der Waals surface area contributed by atoms with E-state index in [9.17, 15) is 18.0 Å². The second-order valence-electron chi connectivity index (χ2n) is 7.11. The highest BCUT2D eigenvalue weighted by molar-refractivity contribution is 7.99. The normalized spacial score (nSPS) is 11.1. The Labute approximate surface area is 198 Å². The third-order valence-corrected chi connectivity index (χ3v) is 5.57. The zero-order valence-electron chi connectivity index (χ0n) is 17.6. The fourth-order valence-corrected chi connectivity index (χ4v) is 3.71. The van der Waals surface area contributed by atoms with E-state index in [0.29, 0.717) is 10.7 Å². The number of ether oxygens (including phenoxy) is 1. The van der Waals surface area contributed by atoms with Gasteiger partial charge in [0.25, 0.3) is 0 Å². The van der Waals surface area contributed by atoms with E-state index in [1.54, 1.807) is 6.07 Å². The van der Waals surface area contributed by atoms with Gasteiger partial charge in [0, 0.05) is 11.3 Å². The molecule has 0 aliphatic rings. The quantitative estimate of drug-likeness (QED) is 0.308. The van der Waals surface area contributed by atoms with Crippen molar-refractivity contribution in [2.45, 2.75) is 11.4 Å². The minimum absolute atomic E-state index is 0.0700. The number of nitrogens with zero attached hydrogens (tertiary/aromatic N) is 2. The number of halogens is 3. The summed E-state index contributed by atoms with van der Waals surface area (Å²) in [4.78, 5) is 12.1. The number of hydrogen-bond acceptors (Lipinski definition) is 5. The SMILES string of the molecule is O=C(CSc1ccc(-c2ccc(-c3ccccc3)cc2)nn1)Nc1ccc(OC(F)(F)F)cc1. The van der Waals surface area contributed by atoms with E-state index < -0.39 is 6.36 Å². The van der Waals surface area contributed by atoms with Crippen LogP contribution in [0.1, 0.15) is 0 Å². The van der Waals surface area contributed by atoms with Crippen LogP contribution in [0.4, 0.5) is 18.9 Å². The maximum Gasteiger partial charge on any atom is 0.573 e. The van der Waals surface area contributed by atoms with Crippen molar-refractivity contribution in [3.8, 4) is 28.1 Å². The highest BCUT2D eigenvalue weighted by atomic mass is 32.2. The average Bonchev–Trinajstić information content (AvgIpc) is 2.84. The molecule has 1 heterocycles. The molecule has 0 atom stereocenters. The second-order valence-corrected chi connectivity index (χ2v) is 8.10. The Morgan fingerprint density at radius 2 is 1.44 bits per heavy atom. The molecule has 1 aromatic heterocycles. The van der Waals surface area contributed by atoms with Crippen LogP contribution in [0.2, 0.25) is 0 Å². The summed E-state index contributed by atoms with van der Waals surface area (Å²) < 4.78 is 40.4. The van der Waals surface area contributed by atoms with Gasteiger partial charge in [-0.25, -0.2) is 0 Å². The van der Waals surface area contributed by atoms with Crippen molar-refractivity contribution >= 4 is 23.4 Å². The van der Waals surface area contributed by atoms with Crippen LogP contribution in [0.5, 0.6) is 5.75 Å². The molecule has 4 aromatic rings. The number of carbonyl (C=O) groups excluding carboxylic acids is 1. The zero-order chi connectivity index (χ0) is 24.0. The first kappa shape index (κ1) is 23.3. The Kier molecular flexibility index (Phi) is 7.12. The van der Waals surface area contributed by atoms with E-state index in [4.69, 9.17) is 0 Å². The van der Waals surface area contributed by atoms with Crippen LogP contribution in [-0.4, -0.2) is 28.2 Å². The van der Waals surface area contributed by atoms with Crippen molar-refractivity contribution < 1.29 is 22.7 Å². The minimum atomic E-state index is -4.76. The van der Waals surface area contributed by atoms with Crippen LogP contribution in [-0.2, 0) is 4.79 Å². The number of hydrogen-bond donors (Lipinski definition) is 1. The number of anilines is 1. The lowest BCUT2D eigenvalue weighted by molar-refractivity contribution is -0.274. The van der Waals surface area contributed by atoms with Gasteiger partial charge in [-0.3, -0.25) is 4.79 Å². The maximum absolute atomic E-state index is 12.2. The molecule has 0 aliphatic carbocycles. The van der Waals surface area contributed by atoms with Gasteiger partial charge in [-0.15, -0.1) is 23.4 Å². The molecule has 9 heteroatoms. The fraction of sp³-hybridized carbons (Fsp3) is 0.0800. The Hall–Kier alpha value is -3.85. The van der Waals surface area contributed by atoms with Crippen LogP contribution < -0.4 is 10.1 Å². The topological polar surface area (TPSA) is 64.1 Å². The second kappa shape index (κ2) is 10.4. The summed E-state index contributed by atoms with van der Waals surface area (Å²) in [6.45, 7) is 0. The number of thioether (sulfide) groups is 1. The summed E-state index contributed by atoms with van der Waals surface area (Å²) in [6.07, 6.45) is -4.76. The van der Waals surface area contributed by atoms with Gasteiger partial charge in [-0.1, -0.05) is 66.4 Å². The predicted molar refractivity (Wildman–Crippen MR) is 125 cm³/mol. The number of nitrogens with one attached hydrogen (secondary N) is 1. The highest BCUT2D eigenvalue weighted by Gasteiger charge is 2.30. The monoisotopic (exact) mass is 481 g/mol. The smallest absolute Gasteiger partial charge is 0.406 e. The van der Waals surface area contributed by atoms with E-state index in [0.717, 1.165) is 34.5 Å². The molecule has 0 unspecified atom stereocenters. The van der Waals surface area contributed by atoms with Crippen LogP contribution in [0.3, 0.4) is 0 Å². The molecule has 3 aromatic carbocycles. The molecule has 1 amide bonds. The predicted octanol–water partition coefficient (Wildman–Crippen LogP) is 6.44. The van der Waals surface area contributed by atoms with Crippen molar-refractivity contribution in [2.75, 3.05) is 11.1 Å². The van der Waals surface area contributed by atoms with Crippen LogP contribution >= 0.6 is 11.8 Å². The molecule has 1 N–H and O–H groups in total. The van der Waals surface area contributed by atoms with Gasteiger partial charge in [-0.2, -0.15) is 0 Å². The lowest BCUT2D eigenvalue weighted by Crippen LogP contribution is -2.17. The Morgan fingerprint density at radius 1 is 0.794 bits per heavy atom. The van der Waals surface area contributed by atoms with E-state index in [-0.39, 0.29) is 17.4 Å².